The molecule has 3 rings (SSSR count). The number of rotatable bonds is 3. The molecule has 0 aromatic carbocycles. The second-order valence-corrected chi connectivity index (χ2v) is 4.99. The first-order valence-electron chi connectivity index (χ1n) is 5.84. The summed E-state index contributed by atoms with van der Waals surface area (Å²) >= 11 is 5.44. The van der Waals surface area contributed by atoms with Crippen LogP contribution in [0.15, 0.2) is 18.2 Å². The maximum atomic E-state index is 11.2. The van der Waals surface area contributed by atoms with Crippen molar-refractivity contribution < 1.29 is 4.79 Å². The first-order chi connectivity index (χ1) is 8.26. The summed E-state index contributed by atoms with van der Waals surface area (Å²) < 4.78 is 0. The maximum absolute atomic E-state index is 11.2. The zero-order valence-corrected chi connectivity index (χ0v) is 10.2. The zero-order chi connectivity index (χ0) is 11.8. The summed E-state index contributed by atoms with van der Waals surface area (Å²) in [5.74, 6) is 3.01. The topological polar surface area (TPSA) is 45.2 Å². The highest BCUT2D eigenvalue weighted by Gasteiger charge is 2.45. The molecule has 1 saturated carbocycles. The van der Waals surface area contributed by atoms with E-state index < -0.39 is 0 Å². The predicted octanol–water partition coefficient (Wildman–Crippen LogP) is 1.71. The van der Waals surface area contributed by atoms with E-state index in [4.69, 9.17) is 11.6 Å². The van der Waals surface area contributed by atoms with Gasteiger partial charge in [0, 0.05) is 13.1 Å². The number of pyridine rings is 1. The second-order valence-electron chi connectivity index (χ2n) is 4.72. The van der Waals surface area contributed by atoms with Crippen LogP contribution in [0, 0.1) is 11.8 Å². The molecule has 4 nitrogen and oxygen atoms in total. The minimum atomic E-state index is -0.222. The van der Waals surface area contributed by atoms with Gasteiger partial charge in [0.2, 0.25) is 5.91 Å². The summed E-state index contributed by atoms with van der Waals surface area (Å²) in [4.78, 5) is 17.9. The number of fused-ring (bicyclic) bond motifs is 1. The van der Waals surface area contributed by atoms with Gasteiger partial charge in [-0.05, 0) is 30.4 Å². The van der Waals surface area contributed by atoms with Crippen molar-refractivity contribution in [3.8, 4) is 0 Å². The van der Waals surface area contributed by atoms with Gasteiger partial charge in [0.1, 0.15) is 17.5 Å². The molecule has 2 aliphatic rings. The third kappa shape index (κ3) is 2.22. The SMILES string of the molecule is O=C(CCl)Nc1cccc(N2CC3CC3C2)n1. The van der Waals surface area contributed by atoms with Crippen LogP contribution in [0.2, 0.25) is 0 Å². The minimum absolute atomic E-state index is 0.0419. The third-order valence-corrected chi connectivity index (χ3v) is 3.67. The number of amides is 1. The number of nitrogens with one attached hydrogen (secondary N) is 1. The van der Waals surface area contributed by atoms with Gasteiger partial charge in [0.05, 0.1) is 0 Å². The van der Waals surface area contributed by atoms with E-state index in [0.717, 1.165) is 30.7 Å². The minimum Gasteiger partial charge on any atom is -0.356 e. The van der Waals surface area contributed by atoms with Crippen LogP contribution in [-0.4, -0.2) is 29.9 Å². The fourth-order valence-corrected chi connectivity index (χ4v) is 2.50. The van der Waals surface area contributed by atoms with Gasteiger partial charge in [-0.15, -0.1) is 11.6 Å². The lowest BCUT2D eigenvalue weighted by atomic mass is 10.4. The van der Waals surface area contributed by atoms with Gasteiger partial charge in [-0.2, -0.15) is 0 Å². The van der Waals surface area contributed by atoms with Crippen molar-refractivity contribution in [2.45, 2.75) is 6.42 Å². The average Bonchev–Trinajstić information content (AvgIpc) is 2.96. The first kappa shape index (κ1) is 10.8. The molecule has 1 N–H and O–H groups in total. The Labute approximate surface area is 105 Å². The number of aromatic nitrogens is 1. The number of alkyl halides is 1. The number of hydrogen-bond acceptors (Lipinski definition) is 3. The molecule has 1 aliphatic carbocycles. The van der Waals surface area contributed by atoms with Gasteiger partial charge in [-0.25, -0.2) is 4.98 Å². The van der Waals surface area contributed by atoms with Crippen LogP contribution < -0.4 is 10.2 Å². The van der Waals surface area contributed by atoms with Crippen molar-refractivity contribution in [3.63, 3.8) is 0 Å². The molecule has 1 aromatic rings. The summed E-state index contributed by atoms with van der Waals surface area (Å²) in [7, 11) is 0. The van der Waals surface area contributed by atoms with Gasteiger partial charge >= 0.3 is 0 Å². The number of piperidine rings is 1. The summed E-state index contributed by atoms with van der Waals surface area (Å²) in [6, 6.07) is 5.68. The summed E-state index contributed by atoms with van der Waals surface area (Å²) in [6.45, 7) is 2.20. The van der Waals surface area contributed by atoms with Crippen LogP contribution in [0.5, 0.6) is 0 Å². The van der Waals surface area contributed by atoms with Crippen LogP contribution in [-0.2, 0) is 4.79 Å². The lowest BCUT2D eigenvalue weighted by Gasteiger charge is -2.19. The van der Waals surface area contributed by atoms with Crippen molar-refractivity contribution in [2.75, 3.05) is 29.2 Å². The van der Waals surface area contributed by atoms with Gasteiger partial charge in [-0.3, -0.25) is 4.79 Å². The van der Waals surface area contributed by atoms with Crippen LogP contribution in [0.3, 0.4) is 0 Å². The second kappa shape index (κ2) is 4.18. The molecular formula is C12H14ClN3O. The van der Waals surface area contributed by atoms with Crippen molar-refractivity contribution in [3.05, 3.63) is 18.2 Å². The van der Waals surface area contributed by atoms with Crippen LogP contribution >= 0.6 is 11.6 Å². The largest absolute Gasteiger partial charge is 0.356 e. The number of carbonyl (C=O) groups is 1. The summed E-state index contributed by atoms with van der Waals surface area (Å²) in [5.41, 5.74) is 0. The Balaban J connectivity index is 1.72. The highest BCUT2D eigenvalue weighted by atomic mass is 35.5. The molecule has 2 atom stereocenters. The van der Waals surface area contributed by atoms with Crippen molar-refractivity contribution in [1.29, 1.82) is 0 Å². The van der Waals surface area contributed by atoms with Crippen molar-refractivity contribution in [2.24, 2.45) is 11.8 Å². The average molecular weight is 252 g/mol. The normalized spacial score (nSPS) is 25.6. The van der Waals surface area contributed by atoms with E-state index in [0.29, 0.717) is 5.82 Å². The van der Waals surface area contributed by atoms with Gasteiger partial charge < -0.3 is 10.2 Å². The Hall–Kier alpha value is -1.29. The molecule has 1 aliphatic heterocycles. The number of nitrogens with zero attached hydrogens (tertiary/aromatic N) is 2. The molecule has 2 heterocycles. The first-order valence-corrected chi connectivity index (χ1v) is 6.37. The maximum Gasteiger partial charge on any atom is 0.240 e. The van der Waals surface area contributed by atoms with Crippen LogP contribution in [0.4, 0.5) is 11.6 Å². The monoisotopic (exact) mass is 251 g/mol. The predicted molar refractivity (Wildman–Crippen MR) is 67.4 cm³/mol. The van der Waals surface area contributed by atoms with Crippen molar-refractivity contribution >= 4 is 29.1 Å². The lowest BCUT2D eigenvalue weighted by Crippen LogP contribution is -2.23. The van der Waals surface area contributed by atoms with Gasteiger partial charge in [0.15, 0.2) is 0 Å². The molecule has 90 valence electrons. The summed E-state index contributed by atoms with van der Waals surface area (Å²) in [5, 5.41) is 2.67. The van der Waals surface area contributed by atoms with E-state index in [1.54, 1.807) is 6.07 Å². The number of anilines is 2. The van der Waals surface area contributed by atoms with E-state index in [2.05, 4.69) is 15.2 Å². The lowest BCUT2D eigenvalue weighted by molar-refractivity contribution is -0.113. The fraction of sp³-hybridized carbons (Fsp3) is 0.500. The van der Waals surface area contributed by atoms with E-state index in [9.17, 15) is 4.79 Å². The zero-order valence-electron chi connectivity index (χ0n) is 9.40. The smallest absolute Gasteiger partial charge is 0.240 e. The Morgan fingerprint density at radius 1 is 1.47 bits per heavy atom. The van der Waals surface area contributed by atoms with E-state index in [1.807, 2.05) is 12.1 Å². The van der Waals surface area contributed by atoms with E-state index >= 15 is 0 Å². The standard InChI is InChI=1S/C12H14ClN3O/c13-5-12(17)15-10-2-1-3-11(14-10)16-6-8-4-9(8)7-16/h1-3,8-9H,4-7H2,(H,14,15,17). The Bertz CT molecular complexity index is 441. The van der Waals surface area contributed by atoms with Crippen LogP contribution in [0.25, 0.3) is 0 Å². The number of carbonyl (C=O) groups excluding carboxylic acids is 1. The molecule has 0 bridgehead atoms. The fourth-order valence-electron chi connectivity index (χ4n) is 2.43. The van der Waals surface area contributed by atoms with Gasteiger partial charge in [-0.1, -0.05) is 6.07 Å². The number of hydrogen-bond donors (Lipinski definition) is 1. The van der Waals surface area contributed by atoms with Crippen molar-refractivity contribution in [1.82, 2.24) is 4.98 Å². The summed E-state index contributed by atoms with van der Waals surface area (Å²) in [6.07, 6.45) is 1.37. The highest BCUT2D eigenvalue weighted by Crippen LogP contribution is 2.45. The Morgan fingerprint density at radius 2 is 2.24 bits per heavy atom. The molecule has 1 aromatic heterocycles. The van der Waals surface area contributed by atoms with E-state index in [1.165, 1.54) is 6.42 Å². The van der Waals surface area contributed by atoms with E-state index in [-0.39, 0.29) is 11.8 Å². The number of halogens is 1. The third-order valence-electron chi connectivity index (χ3n) is 3.43. The van der Waals surface area contributed by atoms with Gasteiger partial charge in [0.25, 0.3) is 0 Å². The molecule has 0 radical (unpaired) electrons. The quantitative estimate of drug-likeness (QED) is 0.832. The Kier molecular flexibility index (Phi) is 2.67. The van der Waals surface area contributed by atoms with Crippen LogP contribution in [0.1, 0.15) is 6.42 Å². The molecule has 1 saturated heterocycles. The molecule has 17 heavy (non-hydrogen) atoms. The molecule has 2 unspecified atom stereocenters. The molecule has 5 heteroatoms. The molecular weight excluding hydrogens is 238 g/mol. The molecule has 2 fully saturated rings. The molecule has 0 spiro atoms. The highest BCUT2D eigenvalue weighted by molar-refractivity contribution is 6.29. The Morgan fingerprint density at radius 3 is 2.94 bits per heavy atom. The molecule has 1 amide bonds.